The van der Waals surface area contributed by atoms with Gasteiger partial charge in [-0.2, -0.15) is 0 Å². The summed E-state index contributed by atoms with van der Waals surface area (Å²) >= 11 is 0. The lowest BCUT2D eigenvalue weighted by molar-refractivity contribution is 0.130. The Hall–Kier alpha value is -0.780. The number of hydrogen-bond acceptors (Lipinski definition) is 4. The molecule has 21 heavy (non-hydrogen) atoms. The van der Waals surface area contributed by atoms with Crippen LogP contribution in [0.3, 0.4) is 0 Å². The van der Waals surface area contributed by atoms with E-state index in [1.807, 2.05) is 20.8 Å². The first kappa shape index (κ1) is 18.3. The average molecular weight is 335 g/mol. The molecular formula is C15H23ClO4S. The fourth-order valence-corrected chi connectivity index (χ4v) is 3.21. The minimum absolute atomic E-state index is 0.143. The standard InChI is InChI=1S/C15H23ClO4S/c1-5-19-7-6-8-20-14-9-12(4)15(21(16,17)18)10-13(14)11(2)3/h9-11H,5-8H2,1-4H3. The van der Waals surface area contributed by atoms with Crippen molar-refractivity contribution >= 4 is 19.7 Å². The van der Waals surface area contributed by atoms with Crippen LogP contribution >= 0.6 is 10.7 Å². The predicted octanol–water partition coefficient (Wildman–Crippen LogP) is 3.85. The third-order valence-corrected chi connectivity index (χ3v) is 4.55. The molecule has 0 N–H and O–H groups in total. The van der Waals surface area contributed by atoms with Gasteiger partial charge in [-0.3, -0.25) is 0 Å². The van der Waals surface area contributed by atoms with Gasteiger partial charge in [0.2, 0.25) is 0 Å². The van der Waals surface area contributed by atoms with Crippen LogP contribution in [0.25, 0.3) is 0 Å². The molecule has 0 saturated heterocycles. The van der Waals surface area contributed by atoms with Crippen LogP contribution in [-0.4, -0.2) is 28.2 Å². The molecule has 0 bridgehead atoms. The van der Waals surface area contributed by atoms with Crippen LogP contribution in [0.2, 0.25) is 0 Å². The van der Waals surface area contributed by atoms with Crippen LogP contribution in [0.4, 0.5) is 0 Å². The number of benzene rings is 1. The Labute approximate surface area is 131 Å². The minimum Gasteiger partial charge on any atom is -0.493 e. The number of aryl methyl sites for hydroxylation is 1. The minimum atomic E-state index is -3.74. The summed E-state index contributed by atoms with van der Waals surface area (Å²) in [6, 6.07) is 3.35. The van der Waals surface area contributed by atoms with Crippen LogP contribution in [0.5, 0.6) is 5.75 Å². The van der Waals surface area contributed by atoms with E-state index >= 15 is 0 Å². The quantitative estimate of drug-likeness (QED) is 0.535. The Kier molecular flexibility index (Phi) is 6.97. The zero-order chi connectivity index (χ0) is 16.0. The molecular weight excluding hydrogens is 312 g/mol. The number of rotatable bonds is 8. The zero-order valence-corrected chi connectivity index (χ0v) is 14.6. The van der Waals surface area contributed by atoms with Gasteiger partial charge in [0.25, 0.3) is 9.05 Å². The highest BCUT2D eigenvalue weighted by Crippen LogP contribution is 2.33. The van der Waals surface area contributed by atoms with Crippen LogP contribution < -0.4 is 4.74 Å². The largest absolute Gasteiger partial charge is 0.493 e. The molecule has 0 aliphatic carbocycles. The third kappa shape index (κ3) is 5.49. The maximum Gasteiger partial charge on any atom is 0.261 e. The third-order valence-electron chi connectivity index (χ3n) is 3.09. The summed E-state index contributed by atoms with van der Waals surface area (Å²) in [5, 5.41) is 0. The molecule has 4 nitrogen and oxygen atoms in total. The summed E-state index contributed by atoms with van der Waals surface area (Å²) in [5.41, 5.74) is 1.44. The van der Waals surface area contributed by atoms with Gasteiger partial charge in [0.15, 0.2) is 0 Å². The molecule has 120 valence electrons. The Morgan fingerprint density at radius 1 is 1.24 bits per heavy atom. The van der Waals surface area contributed by atoms with Gasteiger partial charge in [0.05, 0.1) is 11.5 Å². The van der Waals surface area contributed by atoms with Crippen molar-refractivity contribution in [2.75, 3.05) is 19.8 Å². The monoisotopic (exact) mass is 334 g/mol. The second-order valence-corrected chi connectivity index (χ2v) is 7.68. The van der Waals surface area contributed by atoms with Crippen molar-refractivity contribution in [1.82, 2.24) is 0 Å². The first-order valence-corrected chi connectivity index (χ1v) is 9.38. The molecule has 0 aliphatic rings. The lowest BCUT2D eigenvalue weighted by Gasteiger charge is -2.16. The number of ether oxygens (including phenoxy) is 2. The summed E-state index contributed by atoms with van der Waals surface area (Å²) < 4.78 is 34.2. The zero-order valence-electron chi connectivity index (χ0n) is 13.0. The highest BCUT2D eigenvalue weighted by atomic mass is 35.7. The second-order valence-electron chi connectivity index (χ2n) is 5.15. The number of hydrogen-bond donors (Lipinski definition) is 0. The fraction of sp³-hybridized carbons (Fsp3) is 0.600. The van der Waals surface area contributed by atoms with E-state index in [-0.39, 0.29) is 10.8 Å². The Morgan fingerprint density at radius 3 is 2.43 bits per heavy atom. The molecule has 0 fully saturated rings. The molecule has 0 spiro atoms. The highest BCUT2D eigenvalue weighted by molar-refractivity contribution is 8.13. The molecule has 0 unspecified atom stereocenters. The fourth-order valence-electron chi connectivity index (χ4n) is 2.00. The summed E-state index contributed by atoms with van der Waals surface area (Å²) in [4.78, 5) is 0.148. The molecule has 0 radical (unpaired) electrons. The van der Waals surface area contributed by atoms with Crippen molar-refractivity contribution in [3.8, 4) is 5.75 Å². The van der Waals surface area contributed by atoms with Gasteiger partial charge in [0, 0.05) is 30.3 Å². The Morgan fingerprint density at radius 2 is 1.90 bits per heavy atom. The molecule has 1 aromatic rings. The van der Waals surface area contributed by atoms with Crippen LogP contribution in [0.1, 0.15) is 44.2 Å². The normalized spacial score (nSPS) is 11.9. The lowest BCUT2D eigenvalue weighted by atomic mass is 10.0. The van der Waals surface area contributed by atoms with E-state index in [1.165, 1.54) is 0 Å². The summed E-state index contributed by atoms with van der Waals surface area (Å²) in [7, 11) is 1.73. The van der Waals surface area contributed by atoms with Crippen molar-refractivity contribution in [2.24, 2.45) is 0 Å². The molecule has 0 atom stereocenters. The highest BCUT2D eigenvalue weighted by Gasteiger charge is 2.19. The van der Waals surface area contributed by atoms with Gasteiger partial charge < -0.3 is 9.47 Å². The van der Waals surface area contributed by atoms with Crippen molar-refractivity contribution in [3.05, 3.63) is 23.3 Å². The molecule has 0 heterocycles. The van der Waals surface area contributed by atoms with Gasteiger partial charge in [0.1, 0.15) is 5.75 Å². The van der Waals surface area contributed by atoms with Gasteiger partial charge in [-0.25, -0.2) is 8.42 Å². The van der Waals surface area contributed by atoms with E-state index in [2.05, 4.69) is 0 Å². The van der Waals surface area contributed by atoms with E-state index in [4.69, 9.17) is 20.2 Å². The molecule has 0 aromatic heterocycles. The van der Waals surface area contributed by atoms with E-state index in [0.717, 1.165) is 12.0 Å². The van der Waals surface area contributed by atoms with E-state index in [1.54, 1.807) is 19.1 Å². The maximum atomic E-state index is 11.6. The molecule has 0 aliphatic heterocycles. The lowest BCUT2D eigenvalue weighted by Crippen LogP contribution is -2.07. The summed E-state index contributed by atoms with van der Waals surface area (Å²) in [6.45, 7) is 9.52. The van der Waals surface area contributed by atoms with Crippen molar-refractivity contribution in [3.63, 3.8) is 0 Å². The molecule has 1 aromatic carbocycles. The maximum absolute atomic E-state index is 11.6. The van der Waals surface area contributed by atoms with Gasteiger partial charge in [-0.1, -0.05) is 13.8 Å². The van der Waals surface area contributed by atoms with Crippen molar-refractivity contribution in [1.29, 1.82) is 0 Å². The Balaban J connectivity index is 2.96. The topological polar surface area (TPSA) is 52.6 Å². The second kappa shape index (κ2) is 8.01. The van der Waals surface area contributed by atoms with Gasteiger partial charge >= 0.3 is 0 Å². The smallest absolute Gasteiger partial charge is 0.261 e. The first-order valence-electron chi connectivity index (χ1n) is 7.07. The summed E-state index contributed by atoms with van der Waals surface area (Å²) in [5.74, 6) is 0.854. The number of halogens is 1. The first-order chi connectivity index (χ1) is 9.77. The van der Waals surface area contributed by atoms with Crippen molar-refractivity contribution in [2.45, 2.75) is 44.9 Å². The summed E-state index contributed by atoms with van der Waals surface area (Å²) in [6.07, 6.45) is 0.792. The molecule has 0 saturated carbocycles. The predicted molar refractivity (Wildman–Crippen MR) is 84.9 cm³/mol. The van der Waals surface area contributed by atoms with E-state index in [0.29, 0.717) is 31.1 Å². The van der Waals surface area contributed by atoms with Crippen LogP contribution in [0, 0.1) is 6.92 Å². The van der Waals surface area contributed by atoms with Gasteiger partial charge in [-0.05, 0) is 43.0 Å². The van der Waals surface area contributed by atoms with Crippen molar-refractivity contribution < 1.29 is 17.9 Å². The molecule has 1 rings (SSSR count). The SMILES string of the molecule is CCOCCCOc1cc(C)c(S(=O)(=O)Cl)cc1C(C)C. The molecule has 0 amide bonds. The van der Waals surface area contributed by atoms with E-state index < -0.39 is 9.05 Å². The molecule has 6 heteroatoms. The Bertz CT molecular complexity index is 567. The van der Waals surface area contributed by atoms with Gasteiger partial charge in [-0.15, -0.1) is 0 Å². The van der Waals surface area contributed by atoms with Crippen LogP contribution in [-0.2, 0) is 13.8 Å². The van der Waals surface area contributed by atoms with E-state index in [9.17, 15) is 8.42 Å². The average Bonchev–Trinajstić information content (AvgIpc) is 2.36. The van der Waals surface area contributed by atoms with Crippen LogP contribution in [0.15, 0.2) is 17.0 Å².